The van der Waals surface area contributed by atoms with E-state index >= 15 is 0 Å². The summed E-state index contributed by atoms with van der Waals surface area (Å²) in [6.45, 7) is 3.10. The molecule has 164 valence electrons. The van der Waals surface area contributed by atoms with Gasteiger partial charge in [-0.2, -0.15) is 0 Å². The van der Waals surface area contributed by atoms with Crippen LogP contribution in [0.3, 0.4) is 0 Å². The molecule has 0 aliphatic carbocycles. The molecule has 1 fully saturated rings. The van der Waals surface area contributed by atoms with Crippen LogP contribution in [0.1, 0.15) is 52.2 Å². The van der Waals surface area contributed by atoms with Crippen molar-refractivity contribution in [2.45, 2.75) is 32.1 Å². The Morgan fingerprint density at radius 2 is 2.06 bits per heavy atom. The second kappa shape index (κ2) is 8.60. The molecule has 0 unspecified atom stereocenters. The number of imidazole rings is 1. The van der Waals surface area contributed by atoms with Crippen LogP contribution in [0.4, 0.5) is 0 Å². The number of carbonyl (C=O) groups excluding carboxylic acids is 1. The van der Waals surface area contributed by atoms with Crippen LogP contribution in [-0.4, -0.2) is 38.3 Å². The fraction of sp³-hybridized carbons (Fsp3) is 0.292. The third-order valence-corrected chi connectivity index (χ3v) is 6.50. The van der Waals surface area contributed by atoms with Gasteiger partial charge in [0, 0.05) is 30.7 Å². The molecule has 0 spiro atoms. The zero-order chi connectivity index (χ0) is 22.2. The first kappa shape index (κ1) is 21.0. The van der Waals surface area contributed by atoms with Crippen molar-refractivity contribution in [1.29, 1.82) is 0 Å². The number of piperidine rings is 1. The van der Waals surface area contributed by atoms with Crippen LogP contribution in [-0.2, 0) is 6.42 Å². The number of fused-ring (bicyclic) bond motifs is 1. The Kier molecular flexibility index (Phi) is 5.66. The Bertz CT molecular complexity index is 1300. The summed E-state index contributed by atoms with van der Waals surface area (Å²) in [7, 11) is 0. The minimum atomic E-state index is -0.0511. The van der Waals surface area contributed by atoms with Crippen LogP contribution < -0.4 is 0 Å². The number of rotatable bonds is 4. The van der Waals surface area contributed by atoms with Crippen molar-refractivity contribution in [2.24, 2.45) is 0 Å². The first-order chi connectivity index (χ1) is 15.5. The molecule has 32 heavy (non-hydrogen) atoms. The van der Waals surface area contributed by atoms with Gasteiger partial charge >= 0.3 is 0 Å². The fourth-order valence-corrected chi connectivity index (χ4v) is 4.69. The maximum absolute atomic E-state index is 13.4. The van der Waals surface area contributed by atoms with Crippen molar-refractivity contribution < 1.29 is 9.21 Å². The smallest absolute Gasteiger partial charge is 0.272 e. The molecule has 0 bridgehead atoms. The first-order valence-electron chi connectivity index (χ1n) is 10.6. The number of hydrogen-bond donors (Lipinski definition) is 0. The van der Waals surface area contributed by atoms with Gasteiger partial charge in [-0.05, 0) is 43.5 Å². The Morgan fingerprint density at radius 3 is 2.91 bits per heavy atom. The summed E-state index contributed by atoms with van der Waals surface area (Å²) < 4.78 is 7.84. The summed E-state index contributed by atoms with van der Waals surface area (Å²) in [4.78, 5) is 24.3. The number of carbonyl (C=O) groups is 1. The maximum atomic E-state index is 13.4. The van der Waals surface area contributed by atoms with Crippen molar-refractivity contribution in [2.75, 3.05) is 13.1 Å². The molecule has 1 aromatic carbocycles. The standard InChI is InChI=1S/C24H22Cl2N4O2/c1-15-22(30-14-18(25)8-9-21(30)28-15)24(31)29-10-4-6-17(13-29)23-27-12-19(32-23)11-16-5-2-3-7-20(16)26/h2-3,5,7-9,12,14,17H,4,6,10-11,13H2,1H3/t17-/m1/s1. The summed E-state index contributed by atoms with van der Waals surface area (Å²) in [5, 5.41) is 1.27. The molecule has 0 N–H and O–H groups in total. The molecule has 1 aliphatic rings. The van der Waals surface area contributed by atoms with Gasteiger partial charge in [0.05, 0.1) is 22.8 Å². The average molecular weight is 469 g/mol. The number of amides is 1. The number of oxazole rings is 1. The highest BCUT2D eigenvalue weighted by Gasteiger charge is 2.30. The lowest BCUT2D eigenvalue weighted by atomic mass is 9.97. The molecule has 3 aromatic heterocycles. The lowest BCUT2D eigenvalue weighted by Crippen LogP contribution is -2.40. The van der Waals surface area contributed by atoms with Gasteiger partial charge in [0.2, 0.25) is 0 Å². The Balaban J connectivity index is 1.35. The minimum Gasteiger partial charge on any atom is -0.445 e. The van der Waals surface area contributed by atoms with Crippen LogP contribution in [0.15, 0.2) is 53.2 Å². The van der Waals surface area contributed by atoms with Crippen LogP contribution in [0.25, 0.3) is 5.65 Å². The number of halogens is 2. The van der Waals surface area contributed by atoms with Gasteiger partial charge in [-0.1, -0.05) is 41.4 Å². The summed E-state index contributed by atoms with van der Waals surface area (Å²) in [6.07, 6.45) is 5.89. The largest absolute Gasteiger partial charge is 0.445 e. The summed E-state index contributed by atoms with van der Waals surface area (Å²) in [5.41, 5.74) is 2.95. The molecule has 4 heterocycles. The van der Waals surface area contributed by atoms with E-state index in [9.17, 15) is 4.79 Å². The van der Waals surface area contributed by atoms with E-state index in [-0.39, 0.29) is 11.8 Å². The van der Waals surface area contributed by atoms with Crippen LogP contribution in [0, 0.1) is 6.92 Å². The predicted molar refractivity (Wildman–Crippen MR) is 124 cm³/mol. The molecule has 4 aromatic rings. The lowest BCUT2D eigenvalue weighted by molar-refractivity contribution is 0.0690. The lowest BCUT2D eigenvalue weighted by Gasteiger charge is -2.31. The van der Waals surface area contributed by atoms with Crippen molar-refractivity contribution in [3.8, 4) is 0 Å². The van der Waals surface area contributed by atoms with Crippen molar-refractivity contribution in [3.05, 3.63) is 87.4 Å². The number of pyridine rings is 1. The molecule has 1 saturated heterocycles. The van der Waals surface area contributed by atoms with E-state index in [0.29, 0.717) is 52.5 Å². The number of nitrogens with zero attached hydrogens (tertiary/aromatic N) is 4. The molecule has 1 atom stereocenters. The predicted octanol–water partition coefficient (Wildman–Crippen LogP) is 5.55. The molecule has 1 amide bonds. The molecular formula is C24H22Cl2N4O2. The second-order valence-corrected chi connectivity index (χ2v) is 8.99. The third-order valence-electron chi connectivity index (χ3n) is 5.91. The quantitative estimate of drug-likeness (QED) is 0.393. The van der Waals surface area contributed by atoms with Crippen LogP contribution >= 0.6 is 23.2 Å². The number of likely N-dealkylation sites (tertiary alicyclic amines) is 1. The highest BCUT2D eigenvalue weighted by atomic mass is 35.5. The van der Waals surface area contributed by atoms with Crippen molar-refractivity contribution in [3.63, 3.8) is 0 Å². The highest BCUT2D eigenvalue weighted by molar-refractivity contribution is 6.31. The van der Waals surface area contributed by atoms with E-state index in [1.807, 2.05) is 42.2 Å². The minimum absolute atomic E-state index is 0.0511. The molecule has 1 aliphatic heterocycles. The van der Waals surface area contributed by atoms with Gasteiger partial charge in [0.15, 0.2) is 5.89 Å². The van der Waals surface area contributed by atoms with E-state index < -0.39 is 0 Å². The van der Waals surface area contributed by atoms with Crippen molar-refractivity contribution >= 4 is 34.8 Å². The van der Waals surface area contributed by atoms with Crippen LogP contribution in [0.2, 0.25) is 10.0 Å². The zero-order valence-corrected chi connectivity index (χ0v) is 19.1. The van der Waals surface area contributed by atoms with Crippen LogP contribution in [0.5, 0.6) is 0 Å². The number of benzene rings is 1. The summed E-state index contributed by atoms with van der Waals surface area (Å²) in [6, 6.07) is 11.3. The van der Waals surface area contributed by atoms with Gasteiger partial charge < -0.3 is 9.32 Å². The molecule has 5 rings (SSSR count). The topological polar surface area (TPSA) is 63.6 Å². The zero-order valence-electron chi connectivity index (χ0n) is 17.6. The molecule has 0 radical (unpaired) electrons. The third kappa shape index (κ3) is 4.00. The fourth-order valence-electron chi connectivity index (χ4n) is 4.33. The Labute approximate surface area is 195 Å². The van der Waals surface area contributed by atoms with Gasteiger partial charge in [0.25, 0.3) is 5.91 Å². The molecule has 0 saturated carbocycles. The number of hydrogen-bond acceptors (Lipinski definition) is 4. The van der Waals surface area contributed by atoms with E-state index in [2.05, 4.69) is 9.97 Å². The second-order valence-electron chi connectivity index (χ2n) is 8.14. The first-order valence-corrected chi connectivity index (χ1v) is 11.4. The van der Waals surface area contributed by atoms with E-state index in [1.165, 1.54) is 0 Å². The molecule has 6 nitrogen and oxygen atoms in total. The van der Waals surface area contributed by atoms with Gasteiger partial charge in [0.1, 0.15) is 17.1 Å². The Morgan fingerprint density at radius 1 is 1.22 bits per heavy atom. The molecule has 8 heteroatoms. The van der Waals surface area contributed by atoms with E-state index in [1.54, 1.807) is 22.9 Å². The van der Waals surface area contributed by atoms with Gasteiger partial charge in [-0.3, -0.25) is 9.20 Å². The van der Waals surface area contributed by atoms with Gasteiger partial charge in [-0.15, -0.1) is 0 Å². The normalized spacial score (nSPS) is 16.6. The number of aromatic nitrogens is 3. The summed E-state index contributed by atoms with van der Waals surface area (Å²) in [5.74, 6) is 1.44. The van der Waals surface area contributed by atoms with E-state index in [4.69, 9.17) is 27.6 Å². The monoisotopic (exact) mass is 468 g/mol. The summed E-state index contributed by atoms with van der Waals surface area (Å²) >= 11 is 12.4. The van der Waals surface area contributed by atoms with Crippen molar-refractivity contribution in [1.82, 2.24) is 19.3 Å². The molecular weight excluding hydrogens is 447 g/mol. The Hall–Kier alpha value is -2.83. The maximum Gasteiger partial charge on any atom is 0.272 e. The average Bonchev–Trinajstić information content (AvgIpc) is 3.38. The van der Waals surface area contributed by atoms with Gasteiger partial charge in [-0.25, -0.2) is 9.97 Å². The number of aryl methyl sites for hydroxylation is 1. The highest BCUT2D eigenvalue weighted by Crippen LogP contribution is 2.29. The SMILES string of the molecule is Cc1nc2ccc(Cl)cn2c1C(=O)N1CCC[C@@H](c2ncc(Cc3ccccc3Cl)o2)C1. The van der Waals surface area contributed by atoms with E-state index in [0.717, 1.165) is 24.2 Å².